The quantitative estimate of drug-likeness (QED) is 0.531. The zero-order valence-electron chi connectivity index (χ0n) is 11.8. The fourth-order valence-electron chi connectivity index (χ4n) is 2.41. The number of nitrogens with one attached hydrogen (secondary N) is 1. The van der Waals surface area contributed by atoms with Crippen molar-refractivity contribution in [3.63, 3.8) is 0 Å². The van der Waals surface area contributed by atoms with Crippen LogP contribution in [-0.4, -0.2) is 20.7 Å². The second kappa shape index (κ2) is 5.88. The first-order chi connectivity index (χ1) is 10.6. The first kappa shape index (κ1) is 14.1. The van der Waals surface area contributed by atoms with E-state index in [4.69, 9.17) is 0 Å². The Kier molecular flexibility index (Phi) is 3.78. The highest BCUT2D eigenvalue weighted by atomic mass is 16.6. The van der Waals surface area contributed by atoms with E-state index in [2.05, 4.69) is 15.3 Å². The molecule has 22 heavy (non-hydrogen) atoms. The van der Waals surface area contributed by atoms with Gasteiger partial charge < -0.3 is 5.32 Å². The molecule has 1 N–H and O–H groups in total. The number of aromatic nitrogens is 2. The molecule has 7 nitrogen and oxygen atoms in total. The largest absolute Gasteiger partial charge is 0.324 e. The third-order valence-corrected chi connectivity index (χ3v) is 3.57. The van der Waals surface area contributed by atoms with Crippen molar-refractivity contribution in [2.24, 2.45) is 0 Å². The number of nitro groups is 1. The number of nitro benzene ring substituents is 1. The number of Topliss-reactive ketones (excluding diaryl/α,β-unsaturated/α-hetero) is 1. The van der Waals surface area contributed by atoms with Gasteiger partial charge in [-0.1, -0.05) is 0 Å². The molecule has 0 bridgehead atoms. The van der Waals surface area contributed by atoms with Gasteiger partial charge in [0.25, 0.3) is 5.69 Å². The molecule has 0 saturated carbocycles. The average molecular weight is 298 g/mol. The predicted molar refractivity (Wildman–Crippen MR) is 80.3 cm³/mol. The van der Waals surface area contributed by atoms with Gasteiger partial charge in [-0.25, -0.2) is 9.97 Å². The summed E-state index contributed by atoms with van der Waals surface area (Å²) >= 11 is 0. The summed E-state index contributed by atoms with van der Waals surface area (Å²) in [5.41, 5.74) is 2.05. The van der Waals surface area contributed by atoms with Crippen LogP contribution in [0.25, 0.3) is 0 Å². The molecule has 0 aliphatic heterocycles. The maximum absolute atomic E-state index is 11.9. The van der Waals surface area contributed by atoms with Gasteiger partial charge in [-0.2, -0.15) is 0 Å². The molecule has 1 aliphatic carbocycles. The Hall–Kier alpha value is -2.83. The van der Waals surface area contributed by atoms with E-state index in [1.165, 1.54) is 12.1 Å². The van der Waals surface area contributed by atoms with Crippen LogP contribution in [-0.2, 0) is 6.42 Å². The summed E-state index contributed by atoms with van der Waals surface area (Å²) in [6.07, 6.45) is 4.68. The van der Waals surface area contributed by atoms with Crippen LogP contribution in [0.1, 0.15) is 35.3 Å². The minimum absolute atomic E-state index is 0.0268. The smallest absolute Gasteiger partial charge is 0.269 e. The molecule has 3 rings (SSSR count). The standard InChI is InChI=1S/C15H14N4O3/c20-14-4-2-1-3-13-12(14)9-16-15(18-13)17-10-5-7-11(8-6-10)19(21)22/h5-9H,1-4H2,(H,16,17,18). The number of hydrogen-bond acceptors (Lipinski definition) is 6. The summed E-state index contributed by atoms with van der Waals surface area (Å²) < 4.78 is 0. The lowest BCUT2D eigenvalue weighted by molar-refractivity contribution is -0.384. The van der Waals surface area contributed by atoms with Crippen molar-refractivity contribution in [2.75, 3.05) is 5.32 Å². The third kappa shape index (κ3) is 2.93. The van der Waals surface area contributed by atoms with Crippen molar-refractivity contribution in [3.05, 3.63) is 51.8 Å². The fourth-order valence-corrected chi connectivity index (χ4v) is 2.41. The SMILES string of the molecule is O=C1CCCCc2nc(Nc3ccc([N+](=O)[O-])cc3)ncc21. The second-order valence-electron chi connectivity index (χ2n) is 5.11. The van der Waals surface area contributed by atoms with Gasteiger partial charge in [0.05, 0.1) is 16.2 Å². The minimum Gasteiger partial charge on any atom is -0.324 e. The molecule has 1 aromatic carbocycles. The predicted octanol–water partition coefficient (Wildman–Crippen LogP) is 3.04. The van der Waals surface area contributed by atoms with E-state index < -0.39 is 4.92 Å². The average Bonchev–Trinajstić information content (AvgIpc) is 2.69. The summed E-state index contributed by atoms with van der Waals surface area (Å²) in [4.78, 5) is 30.6. The highest BCUT2D eigenvalue weighted by molar-refractivity contribution is 5.97. The molecule has 0 unspecified atom stereocenters. The number of nitrogens with zero attached hydrogens (tertiary/aromatic N) is 3. The summed E-state index contributed by atoms with van der Waals surface area (Å²) in [6.45, 7) is 0. The minimum atomic E-state index is -0.450. The Labute approximate surface area is 126 Å². The molecule has 0 amide bonds. The van der Waals surface area contributed by atoms with E-state index in [1.807, 2.05) is 0 Å². The highest BCUT2D eigenvalue weighted by Gasteiger charge is 2.17. The van der Waals surface area contributed by atoms with Gasteiger partial charge in [-0.15, -0.1) is 0 Å². The highest BCUT2D eigenvalue weighted by Crippen LogP contribution is 2.22. The first-order valence-corrected chi connectivity index (χ1v) is 7.04. The molecular weight excluding hydrogens is 284 g/mol. The molecule has 2 aromatic rings. The Bertz CT molecular complexity index is 728. The van der Waals surface area contributed by atoms with Crippen LogP contribution in [0.3, 0.4) is 0 Å². The zero-order valence-corrected chi connectivity index (χ0v) is 11.8. The van der Waals surface area contributed by atoms with Crippen molar-refractivity contribution >= 4 is 23.1 Å². The first-order valence-electron chi connectivity index (χ1n) is 7.04. The number of anilines is 2. The molecule has 0 atom stereocenters. The number of non-ortho nitro benzene ring substituents is 1. The molecule has 0 spiro atoms. The van der Waals surface area contributed by atoms with Crippen LogP contribution in [0.2, 0.25) is 0 Å². The molecule has 0 saturated heterocycles. The topological polar surface area (TPSA) is 98.0 Å². The van der Waals surface area contributed by atoms with Crippen LogP contribution in [0.4, 0.5) is 17.3 Å². The monoisotopic (exact) mass is 298 g/mol. The van der Waals surface area contributed by atoms with Crippen molar-refractivity contribution in [2.45, 2.75) is 25.7 Å². The zero-order chi connectivity index (χ0) is 15.5. The lowest BCUT2D eigenvalue weighted by Gasteiger charge is -2.08. The lowest BCUT2D eigenvalue weighted by Crippen LogP contribution is -2.06. The Balaban J connectivity index is 1.82. The van der Waals surface area contributed by atoms with Crippen molar-refractivity contribution in [1.82, 2.24) is 9.97 Å². The van der Waals surface area contributed by atoms with Gasteiger partial charge in [0.2, 0.25) is 5.95 Å². The number of ketones is 1. The number of fused-ring (bicyclic) bond motifs is 1. The van der Waals surface area contributed by atoms with Gasteiger partial charge >= 0.3 is 0 Å². The molecule has 1 aromatic heterocycles. The van der Waals surface area contributed by atoms with E-state index in [-0.39, 0.29) is 11.5 Å². The van der Waals surface area contributed by atoms with Crippen LogP contribution in [0.5, 0.6) is 0 Å². The number of aryl methyl sites for hydroxylation is 1. The van der Waals surface area contributed by atoms with Crippen molar-refractivity contribution in [3.8, 4) is 0 Å². The number of carbonyl (C=O) groups excluding carboxylic acids is 1. The molecular formula is C15H14N4O3. The number of benzene rings is 1. The van der Waals surface area contributed by atoms with Gasteiger partial charge in [0.1, 0.15) is 0 Å². The van der Waals surface area contributed by atoms with E-state index >= 15 is 0 Å². The number of hydrogen-bond donors (Lipinski definition) is 1. The van der Waals surface area contributed by atoms with Crippen molar-refractivity contribution in [1.29, 1.82) is 0 Å². The normalized spacial score (nSPS) is 14.1. The molecule has 7 heteroatoms. The van der Waals surface area contributed by atoms with Crippen LogP contribution < -0.4 is 5.32 Å². The van der Waals surface area contributed by atoms with Gasteiger partial charge in [-0.05, 0) is 31.4 Å². The third-order valence-electron chi connectivity index (χ3n) is 3.57. The van der Waals surface area contributed by atoms with E-state index in [0.29, 0.717) is 23.6 Å². The fraction of sp³-hybridized carbons (Fsp3) is 0.267. The van der Waals surface area contributed by atoms with E-state index in [9.17, 15) is 14.9 Å². The van der Waals surface area contributed by atoms with Gasteiger partial charge in [0.15, 0.2) is 5.78 Å². The molecule has 0 fully saturated rings. The summed E-state index contributed by atoms with van der Waals surface area (Å²) in [5, 5.41) is 13.6. The summed E-state index contributed by atoms with van der Waals surface area (Å²) in [7, 11) is 0. The number of carbonyl (C=O) groups is 1. The molecule has 0 radical (unpaired) electrons. The van der Waals surface area contributed by atoms with Crippen molar-refractivity contribution < 1.29 is 9.72 Å². The Morgan fingerprint density at radius 1 is 1.14 bits per heavy atom. The Morgan fingerprint density at radius 2 is 1.86 bits per heavy atom. The van der Waals surface area contributed by atoms with Crippen LogP contribution >= 0.6 is 0 Å². The molecule has 1 aliphatic rings. The number of rotatable bonds is 3. The molecule has 1 heterocycles. The maximum Gasteiger partial charge on any atom is 0.269 e. The maximum atomic E-state index is 11.9. The Morgan fingerprint density at radius 3 is 2.59 bits per heavy atom. The van der Waals surface area contributed by atoms with Gasteiger partial charge in [-0.3, -0.25) is 14.9 Å². The second-order valence-corrected chi connectivity index (χ2v) is 5.11. The molecule has 112 valence electrons. The van der Waals surface area contributed by atoms with E-state index in [0.717, 1.165) is 25.0 Å². The summed E-state index contributed by atoms with van der Waals surface area (Å²) in [5.74, 6) is 0.483. The van der Waals surface area contributed by atoms with E-state index in [1.54, 1.807) is 18.3 Å². The van der Waals surface area contributed by atoms with Crippen LogP contribution in [0, 0.1) is 10.1 Å². The summed E-state index contributed by atoms with van der Waals surface area (Å²) in [6, 6.07) is 6.02. The van der Waals surface area contributed by atoms with Gasteiger partial charge in [0, 0.05) is 30.4 Å². The lowest BCUT2D eigenvalue weighted by atomic mass is 10.1. The van der Waals surface area contributed by atoms with Crippen LogP contribution in [0.15, 0.2) is 30.5 Å².